The molecule has 7 heteroatoms. The number of nitrogens with zero attached hydrogens (tertiary/aromatic N) is 2. The average molecular weight is 372 g/mol. The highest BCUT2D eigenvalue weighted by Gasteiger charge is 2.22. The Balaban J connectivity index is 1.72. The van der Waals surface area contributed by atoms with Crippen molar-refractivity contribution in [3.05, 3.63) is 44.6 Å². The van der Waals surface area contributed by atoms with E-state index < -0.39 is 5.69 Å². The van der Waals surface area contributed by atoms with E-state index in [1.54, 1.807) is 25.1 Å². The smallest absolute Gasteiger partial charge is 0.328 e. The third-order valence-corrected chi connectivity index (χ3v) is 5.39. The number of aromatic nitrogens is 2. The van der Waals surface area contributed by atoms with Crippen molar-refractivity contribution in [2.24, 2.45) is 5.92 Å². The molecular weight excluding hydrogens is 344 g/mol. The molecule has 1 saturated heterocycles. The lowest BCUT2D eigenvalue weighted by atomic mass is 9.97. The molecule has 0 radical (unpaired) electrons. The number of aromatic amines is 1. The monoisotopic (exact) mass is 372 g/mol. The Kier molecular flexibility index (Phi) is 5.79. The van der Waals surface area contributed by atoms with Gasteiger partial charge in [0.25, 0.3) is 11.5 Å². The maximum absolute atomic E-state index is 12.5. The molecule has 3 rings (SSSR count). The largest absolute Gasteiger partial charge is 0.352 e. The molecule has 0 saturated carbocycles. The van der Waals surface area contributed by atoms with Crippen LogP contribution in [0.5, 0.6) is 0 Å². The van der Waals surface area contributed by atoms with Gasteiger partial charge in [0.2, 0.25) is 0 Å². The van der Waals surface area contributed by atoms with Crippen LogP contribution in [-0.4, -0.2) is 46.0 Å². The van der Waals surface area contributed by atoms with Gasteiger partial charge in [-0.1, -0.05) is 0 Å². The molecule has 1 atom stereocenters. The summed E-state index contributed by atoms with van der Waals surface area (Å²) < 4.78 is 1.14. The number of amides is 1. The van der Waals surface area contributed by atoms with Crippen LogP contribution in [0.4, 0.5) is 0 Å². The highest BCUT2D eigenvalue weighted by Crippen LogP contribution is 2.18. The summed E-state index contributed by atoms with van der Waals surface area (Å²) in [6.07, 6.45) is 2.27. The van der Waals surface area contributed by atoms with Crippen LogP contribution in [0.2, 0.25) is 0 Å². The minimum atomic E-state index is -0.455. The number of carbonyl (C=O) groups is 1. The maximum atomic E-state index is 12.5. The fraction of sp³-hybridized carbons (Fsp3) is 0.550. The Labute approximate surface area is 158 Å². The predicted molar refractivity (Wildman–Crippen MR) is 106 cm³/mol. The number of piperidine rings is 1. The van der Waals surface area contributed by atoms with Gasteiger partial charge < -0.3 is 15.2 Å². The summed E-state index contributed by atoms with van der Waals surface area (Å²) in [6, 6.07) is 5.34. The number of nitrogens with one attached hydrogen (secondary N) is 2. The molecular formula is C20H28N4O3. The Hall–Kier alpha value is -2.41. The molecule has 7 nitrogen and oxygen atoms in total. The number of carbonyl (C=O) groups excluding carboxylic acids is 1. The first-order valence-corrected chi connectivity index (χ1v) is 9.69. The van der Waals surface area contributed by atoms with Gasteiger partial charge >= 0.3 is 5.69 Å². The summed E-state index contributed by atoms with van der Waals surface area (Å²) in [5.74, 6) is 0.265. The Morgan fingerprint density at radius 2 is 2.11 bits per heavy atom. The summed E-state index contributed by atoms with van der Waals surface area (Å²) in [5.41, 5.74) is 0.0528. The lowest BCUT2D eigenvalue weighted by molar-refractivity contribution is 0.0923. The molecule has 0 unspecified atom stereocenters. The summed E-state index contributed by atoms with van der Waals surface area (Å²) in [5, 5.41) is 3.41. The molecule has 27 heavy (non-hydrogen) atoms. The second-order valence-corrected chi connectivity index (χ2v) is 7.55. The van der Waals surface area contributed by atoms with Crippen molar-refractivity contribution in [3.63, 3.8) is 0 Å². The zero-order chi connectivity index (χ0) is 19.6. The van der Waals surface area contributed by atoms with Gasteiger partial charge in [0.05, 0.1) is 10.9 Å². The fourth-order valence-electron chi connectivity index (χ4n) is 3.75. The Bertz CT molecular complexity index is 944. The lowest BCUT2D eigenvalue weighted by Crippen LogP contribution is -2.43. The summed E-state index contributed by atoms with van der Waals surface area (Å²) in [4.78, 5) is 42.0. The van der Waals surface area contributed by atoms with Crippen molar-refractivity contribution in [2.75, 3.05) is 19.6 Å². The molecule has 0 spiro atoms. The van der Waals surface area contributed by atoms with E-state index in [0.717, 1.165) is 30.5 Å². The van der Waals surface area contributed by atoms with Crippen LogP contribution >= 0.6 is 0 Å². The van der Waals surface area contributed by atoms with Crippen LogP contribution in [0.25, 0.3) is 10.9 Å². The molecule has 1 fully saturated rings. The number of hydrogen-bond acceptors (Lipinski definition) is 4. The van der Waals surface area contributed by atoms with E-state index in [0.29, 0.717) is 41.5 Å². The van der Waals surface area contributed by atoms with Gasteiger partial charge in [0, 0.05) is 31.2 Å². The van der Waals surface area contributed by atoms with Crippen molar-refractivity contribution < 1.29 is 4.79 Å². The number of fused-ring (bicyclic) bond motifs is 1. The van der Waals surface area contributed by atoms with Crippen LogP contribution in [0.15, 0.2) is 27.8 Å². The highest BCUT2D eigenvalue weighted by molar-refractivity contribution is 5.97. The number of benzene rings is 1. The second-order valence-electron chi connectivity index (χ2n) is 7.55. The third-order valence-electron chi connectivity index (χ3n) is 5.39. The summed E-state index contributed by atoms with van der Waals surface area (Å²) in [6.45, 7) is 9.20. The number of hydrogen-bond donors (Lipinski definition) is 2. The lowest BCUT2D eigenvalue weighted by Gasteiger charge is -2.35. The van der Waals surface area contributed by atoms with Gasteiger partial charge in [-0.3, -0.25) is 14.2 Å². The topological polar surface area (TPSA) is 87.2 Å². The molecule has 2 heterocycles. The first-order chi connectivity index (χ1) is 12.9. The molecule has 1 aromatic carbocycles. The molecule has 1 aliphatic heterocycles. The highest BCUT2D eigenvalue weighted by atomic mass is 16.2. The van der Waals surface area contributed by atoms with E-state index in [1.165, 1.54) is 0 Å². The van der Waals surface area contributed by atoms with Gasteiger partial charge in [-0.15, -0.1) is 0 Å². The van der Waals surface area contributed by atoms with Crippen molar-refractivity contribution in [2.45, 2.75) is 46.2 Å². The molecule has 1 aromatic heterocycles. The molecule has 1 amide bonds. The van der Waals surface area contributed by atoms with Crippen LogP contribution in [0.1, 0.15) is 44.0 Å². The van der Waals surface area contributed by atoms with Crippen LogP contribution in [-0.2, 0) is 6.54 Å². The van der Waals surface area contributed by atoms with E-state index in [1.807, 2.05) is 0 Å². The summed E-state index contributed by atoms with van der Waals surface area (Å²) in [7, 11) is 0. The quantitative estimate of drug-likeness (QED) is 0.834. The van der Waals surface area contributed by atoms with Crippen LogP contribution < -0.4 is 16.6 Å². The van der Waals surface area contributed by atoms with Gasteiger partial charge in [-0.25, -0.2) is 4.79 Å². The predicted octanol–water partition coefficient (Wildman–Crippen LogP) is 1.56. The van der Waals surface area contributed by atoms with Crippen LogP contribution in [0, 0.1) is 5.92 Å². The standard InChI is InChI=1S/C20H28N4O3/c1-4-24-19(26)16-8-7-15(10-17(16)22-20(24)27)18(25)21-11-14-6-5-9-23(12-14)13(2)3/h7-8,10,13-14H,4-6,9,11-12H2,1-3H3,(H,21,25)(H,22,27)/t14-/m1/s1. The minimum absolute atomic E-state index is 0.181. The van der Waals surface area contributed by atoms with E-state index in [-0.39, 0.29) is 11.5 Å². The molecule has 146 valence electrons. The van der Waals surface area contributed by atoms with E-state index >= 15 is 0 Å². The first kappa shape index (κ1) is 19.4. The molecule has 0 bridgehead atoms. The van der Waals surface area contributed by atoms with Crippen molar-refractivity contribution >= 4 is 16.8 Å². The zero-order valence-electron chi connectivity index (χ0n) is 16.2. The summed E-state index contributed by atoms with van der Waals surface area (Å²) >= 11 is 0. The van der Waals surface area contributed by atoms with E-state index in [2.05, 4.69) is 29.0 Å². The average Bonchev–Trinajstić information content (AvgIpc) is 2.66. The molecule has 2 aromatic rings. The second kappa shape index (κ2) is 8.08. The molecule has 2 N–H and O–H groups in total. The number of H-pyrrole nitrogens is 1. The van der Waals surface area contributed by atoms with E-state index in [4.69, 9.17) is 0 Å². The van der Waals surface area contributed by atoms with Gasteiger partial charge in [-0.2, -0.15) is 0 Å². The molecule has 1 aliphatic rings. The third kappa shape index (κ3) is 4.13. The van der Waals surface area contributed by atoms with Gasteiger partial charge in [0.1, 0.15) is 0 Å². The zero-order valence-corrected chi connectivity index (χ0v) is 16.2. The Morgan fingerprint density at radius 1 is 1.33 bits per heavy atom. The van der Waals surface area contributed by atoms with Crippen molar-refractivity contribution in [3.8, 4) is 0 Å². The van der Waals surface area contributed by atoms with E-state index in [9.17, 15) is 14.4 Å². The normalized spacial score (nSPS) is 18.1. The number of likely N-dealkylation sites (tertiary alicyclic amines) is 1. The van der Waals surface area contributed by atoms with Crippen molar-refractivity contribution in [1.82, 2.24) is 19.8 Å². The molecule has 0 aliphatic carbocycles. The minimum Gasteiger partial charge on any atom is -0.352 e. The number of rotatable bonds is 5. The van der Waals surface area contributed by atoms with Gasteiger partial charge in [0.15, 0.2) is 0 Å². The van der Waals surface area contributed by atoms with Gasteiger partial charge in [-0.05, 0) is 64.3 Å². The Morgan fingerprint density at radius 3 is 2.81 bits per heavy atom. The SMILES string of the molecule is CCn1c(=O)[nH]c2cc(C(=O)NC[C@H]3CCCN(C(C)C)C3)ccc2c1=O. The van der Waals surface area contributed by atoms with Crippen molar-refractivity contribution in [1.29, 1.82) is 0 Å². The van der Waals surface area contributed by atoms with Crippen LogP contribution in [0.3, 0.4) is 0 Å². The maximum Gasteiger partial charge on any atom is 0.328 e. The first-order valence-electron chi connectivity index (χ1n) is 9.69. The fourth-order valence-corrected chi connectivity index (χ4v) is 3.75.